The lowest BCUT2D eigenvalue weighted by molar-refractivity contribution is 0.139. The van der Waals surface area contributed by atoms with Gasteiger partial charge in [-0.15, -0.1) is 0 Å². The summed E-state index contributed by atoms with van der Waals surface area (Å²) < 4.78 is 6.63. The zero-order valence-corrected chi connectivity index (χ0v) is 18.1. The average molecular weight is 441 g/mol. The predicted octanol–water partition coefficient (Wildman–Crippen LogP) is 4.12. The third kappa shape index (κ3) is 4.94. The fourth-order valence-corrected chi connectivity index (χ4v) is 4.20. The number of fused-ring (bicyclic) bond motifs is 1. The van der Waals surface area contributed by atoms with Crippen molar-refractivity contribution in [2.45, 2.75) is 13.1 Å². The number of rotatable bonds is 8. The van der Waals surface area contributed by atoms with Gasteiger partial charge in [-0.25, -0.2) is 4.98 Å². The van der Waals surface area contributed by atoms with Gasteiger partial charge in [0.1, 0.15) is 5.01 Å². The van der Waals surface area contributed by atoms with Crippen LogP contribution < -0.4 is 5.56 Å². The minimum Gasteiger partial charge on any atom is -0.383 e. The number of hydrogen-bond donors (Lipinski definition) is 0. The number of ether oxygens (including phenoxy) is 1. The largest absolute Gasteiger partial charge is 0.383 e. The van der Waals surface area contributed by atoms with Crippen LogP contribution >= 0.6 is 22.9 Å². The zero-order valence-electron chi connectivity index (χ0n) is 16.5. The minimum absolute atomic E-state index is 0.174. The molecule has 154 valence electrons. The first-order chi connectivity index (χ1) is 14.6. The highest BCUT2D eigenvalue weighted by Gasteiger charge is 2.13. The molecule has 0 saturated heterocycles. The Balaban J connectivity index is 1.59. The number of halogens is 1. The minimum atomic E-state index is -0.174. The third-order valence-corrected chi connectivity index (χ3v) is 5.84. The smallest absolute Gasteiger partial charge is 0.275 e. The molecule has 2 aromatic carbocycles. The van der Waals surface area contributed by atoms with E-state index in [0.29, 0.717) is 35.4 Å². The van der Waals surface area contributed by atoms with E-state index in [0.717, 1.165) is 22.7 Å². The second-order valence-corrected chi connectivity index (χ2v) is 8.28. The van der Waals surface area contributed by atoms with Gasteiger partial charge in [-0.1, -0.05) is 65.4 Å². The van der Waals surface area contributed by atoms with Gasteiger partial charge in [0.05, 0.1) is 12.3 Å². The molecule has 2 aromatic heterocycles. The average Bonchev–Trinajstić information content (AvgIpc) is 3.19. The van der Waals surface area contributed by atoms with Crippen LogP contribution in [-0.4, -0.2) is 39.8 Å². The van der Waals surface area contributed by atoms with Gasteiger partial charge in [0.15, 0.2) is 0 Å². The lowest BCUT2D eigenvalue weighted by Gasteiger charge is -2.21. The maximum atomic E-state index is 12.6. The van der Waals surface area contributed by atoms with E-state index in [9.17, 15) is 4.79 Å². The van der Waals surface area contributed by atoms with Gasteiger partial charge in [0.2, 0.25) is 4.96 Å². The van der Waals surface area contributed by atoms with Gasteiger partial charge in [0, 0.05) is 43.4 Å². The van der Waals surface area contributed by atoms with Crippen LogP contribution in [-0.2, 0) is 17.8 Å². The Morgan fingerprint density at radius 1 is 1.10 bits per heavy atom. The molecule has 6 nitrogen and oxygen atoms in total. The molecule has 0 aliphatic carbocycles. The second kappa shape index (κ2) is 9.49. The molecule has 0 amide bonds. The molecule has 0 bridgehead atoms. The SMILES string of the molecule is COCCN(Cc1ccc(Cl)cc1)Cc1cc(=O)n2nc(-c3ccccc3)sc2n1. The summed E-state index contributed by atoms with van der Waals surface area (Å²) in [5.74, 6) is 0. The molecule has 0 aliphatic heterocycles. The predicted molar refractivity (Wildman–Crippen MR) is 120 cm³/mol. The number of hydrogen-bond acceptors (Lipinski definition) is 6. The second-order valence-electron chi connectivity index (χ2n) is 6.88. The van der Waals surface area contributed by atoms with Crippen LogP contribution in [0.25, 0.3) is 15.5 Å². The topological polar surface area (TPSA) is 59.7 Å². The van der Waals surface area contributed by atoms with E-state index in [1.165, 1.54) is 15.9 Å². The lowest BCUT2D eigenvalue weighted by Crippen LogP contribution is -2.28. The lowest BCUT2D eigenvalue weighted by atomic mass is 10.2. The van der Waals surface area contributed by atoms with Crippen molar-refractivity contribution < 1.29 is 4.74 Å². The molecule has 0 spiro atoms. The molecular formula is C22H21ClN4O2S. The molecular weight excluding hydrogens is 420 g/mol. The van der Waals surface area contributed by atoms with Crippen LogP contribution in [0.2, 0.25) is 5.02 Å². The molecule has 2 heterocycles. The van der Waals surface area contributed by atoms with Gasteiger partial charge in [-0.3, -0.25) is 9.69 Å². The van der Waals surface area contributed by atoms with E-state index in [-0.39, 0.29) is 5.56 Å². The van der Waals surface area contributed by atoms with Crippen molar-refractivity contribution in [3.63, 3.8) is 0 Å². The molecule has 30 heavy (non-hydrogen) atoms. The summed E-state index contributed by atoms with van der Waals surface area (Å²) in [7, 11) is 1.68. The van der Waals surface area contributed by atoms with Crippen LogP contribution in [0.5, 0.6) is 0 Å². The van der Waals surface area contributed by atoms with Crippen LogP contribution in [0, 0.1) is 0 Å². The van der Waals surface area contributed by atoms with Crippen molar-refractivity contribution in [1.29, 1.82) is 0 Å². The molecule has 4 aromatic rings. The Labute approximate surface area is 183 Å². The molecule has 0 fully saturated rings. The number of benzene rings is 2. The summed E-state index contributed by atoms with van der Waals surface area (Å²) in [6, 6.07) is 19.1. The van der Waals surface area contributed by atoms with Crippen LogP contribution in [0.15, 0.2) is 65.5 Å². The highest BCUT2D eigenvalue weighted by atomic mass is 35.5. The summed E-state index contributed by atoms with van der Waals surface area (Å²) in [5, 5.41) is 5.93. The fourth-order valence-electron chi connectivity index (χ4n) is 3.15. The molecule has 8 heteroatoms. The first kappa shape index (κ1) is 20.7. The van der Waals surface area contributed by atoms with E-state index < -0.39 is 0 Å². The molecule has 4 rings (SSSR count). The maximum Gasteiger partial charge on any atom is 0.275 e. The normalized spacial score (nSPS) is 11.4. The molecule has 0 radical (unpaired) electrons. The first-order valence-electron chi connectivity index (χ1n) is 9.53. The van der Waals surface area contributed by atoms with Crippen LogP contribution in [0.1, 0.15) is 11.3 Å². The van der Waals surface area contributed by atoms with Crippen molar-refractivity contribution in [1.82, 2.24) is 19.5 Å². The zero-order chi connectivity index (χ0) is 20.9. The van der Waals surface area contributed by atoms with Gasteiger partial charge >= 0.3 is 0 Å². The van der Waals surface area contributed by atoms with E-state index in [1.54, 1.807) is 13.2 Å². The molecule has 0 saturated carbocycles. The van der Waals surface area contributed by atoms with Gasteiger partial charge in [-0.2, -0.15) is 9.61 Å². The Hall–Kier alpha value is -2.58. The van der Waals surface area contributed by atoms with Crippen molar-refractivity contribution in [3.05, 3.63) is 87.3 Å². The summed E-state index contributed by atoms with van der Waals surface area (Å²) in [4.78, 5) is 20.1. The van der Waals surface area contributed by atoms with Gasteiger partial charge in [-0.05, 0) is 17.7 Å². The Morgan fingerprint density at radius 3 is 2.60 bits per heavy atom. The standard InChI is InChI=1S/C22H21ClN4O2S/c1-29-12-11-26(14-16-7-9-18(23)10-8-16)15-19-13-20(28)27-22(24-19)30-21(25-27)17-5-3-2-4-6-17/h2-10,13H,11-12,14-15H2,1H3. The molecule has 0 unspecified atom stereocenters. The molecule has 0 N–H and O–H groups in total. The van der Waals surface area contributed by atoms with Crippen molar-refractivity contribution in [3.8, 4) is 10.6 Å². The third-order valence-electron chi connectivity index (χ3n) is 4.64. The molecule has 0 atom stereocenters. The monoisotopic (exact) mass is 440 g/mol. The summed E-state index contributed by atoms with van der Waals surface area (Å²) in [6.07, 6.45) is 0. The Kier molecular flexibility index (Phi) is 6.54. The van der Waals surface area contributed by atoms with E-state index in [1.807, 2.05) is 54.6 Å². The fraction of sp³-hybridized carbons (Fsp3) is 0.227. The maximum absolute atomic E-state index is 12.6. The van der Waals surface area contributed by atoms with E-state index >= 15 is 0 Å². The summed E-state index contributed by atoms with van der Waals surface area (Å²) in [5.41, 5.74) is 2.65. The van der Waals surface area contributed by atoms with Crippen molar-refractivity contribution >= 4 is 27.9 Å². The van der Waals surface area contributed by atoms with Gasteiger partial charge in [0.25, 0.3) is 5.56 Å². The van der Waals surface area contributed by atoms with Crippen LogP contribution in [0.4, 0.5) is 0 Å². The van der Waals surface area contributed by atoms with E-state index in [4.69, 9.17) is 21.3 Å². The quantitative estimate of drug-likeness (QED) is 0.412. The number of aromatic nitrogens is 3. The van der Waals surface area contributed by atoms with Crippen molar-refractivity contribution in [2.24, 2.45) is 0 Å². The van der Waals surface area contributed by atoms with E-state index in [2.05, 4.69) is 10.00 Å². The summed E-state index contributed by atoms with van der Waals surface area (Å²) >= 11 is 7.41. The van der Waals surface area contributed by atoms with Crippen LogP contribution in [0.3, 0.4) is 0 Å². The Morgan fingerprint density at radius 2 is 1.87 bits per heavy atom. The van der Waals surface area contributed by atoms with Gasteiger partial charge < -0.3 is 4.74 Å². The highest BCUT2D eigenvalue weighted by molar-refractivity contribution is 7.19. The molecule has 0 aliphatic rings. The number of methoxy groups -OCH3 is 1. The Bertz CT molecular complexity index is 1180. The summed E-state index contributed by atoms with van der Waals surface area (Å²) in [6.45, 7) is 2.56. The van der Waals surface area contributed by atoms with Crippen molar-refractivity contribution in [2.75, 3.05) is 20.3 Å². The first-order valence-corrected chi connectivity index (χ1v) is 10.7. The highest BCUT2D eigenvalue weighted by Crippen LogP contribution is 2.24. The number of nitrogens with zero attached hydrogens (tertiary/aromatic N) is 4.